The molecule has 0 amide bonds. The molecule has 1 fully saturated rings. The second-order valence-electron chi connectivity index (χ2n) is 18.4. The van der Waals surface area contributed by atoms with Crippen LogP contribution in [0.25, 0.3) is 0 Å². The van der Waals surface area contributed by atoms with Crippen molar-refractivity contribution in [1.29, 1.82) is 0 Å². The number of hydrogen-bond acceptors (Lipinski definition) is 9. The molecule has 4 aromatic rings. The number of carboxylic acids is 1. The van der Waals surface area contributed by atoms with Gasteiger partial charge >= 0.3 is 11.9 Å². The monoisotopic (exact) mass is 928 g/mol. The molecule has 1 spiro atoms. The van der Waals surface area contributed by atoms with Crippen LogP contribution in [0.1, 0.15) is 85.5 Å². The summed E-state index contributed by atoms with van der Waals surface area (Å²) < 4.78 is 69.7. The van der Waals surface area contributed by atoms with Crippen molar-refractivity contribution in [2.75, 3.05) is 38.8 Å². The molecule has 1 aliphatic heterocycles. The Morgan fingerprint density at radius 2 is 1.62 bits per heavy atom. The normalized spacial score (nSPS) is 22.7. The van der Waals surface area contributed by atoms with E-state index in [0.29, 0.717) is 61.0 Å². The molecule has 3 aliphatic carbocycles. The van der Waals surface area contributed by atoms with Crippen LogP contribution in [0.3, 0.4) is 0 Å². The Hall–Kier alpha value is -5.11. The number of carbonyl (C=O) groups is 2. The molecular weight excluding hydrogens is 871 g/mol. The molecule has 1 heterocycles. The molecule has 11 nitrogen and oxygen atoms in total. The topological polar surface area (TPSA) is 132 Å². The van der Waals surface area contributed by atoms with Crippen LogP contribution in [0.15, 0.2) is 90.5 Å². The van der Waals surface area contributed by atoms with Gasteiger partial charge in [0.25, 0.3) is 0 Å². The predicted octanol–water partition coefficient (Wildman–Crippen LogP) is 9.63. The van der Waals surface area contributed by atoms with E-state index in [2.05, 4.69) is 11.0 Å². The van der Waals surface area contributed by atoms with E-state index in [-0.39, 0.29) is 53.3 Å². The number of allylic oxidation sites excluding steroid dienone is 1. The molecule has 1 unspecified atom stereocenters. The third kappa shape index (κ3) is 9.47. The van der Waals surface area contributed by atoms with Gasteiger partial charge in [0, 0.05) is 44.4 Å². The van der Waals surface area contributed by atoms with E-state index < -0.39 is 38.6 Å². The molecule has 1 saturated carbocycles. The highest BCUT2D eigenvalue weighted by Crippen LogP contribution is 2.50. The molecule has 1 N–H and O–H groups in total. The van der Waals surface area contributed by atoms with Gasteiger partial charge in [0.1, 0.15) is 29.2 Å². The summed E-state index contributed by atoms with van der Waals surface area (Å²) >= 11 is 6.27. The molecule has 7 atom stereocenters. The van der Waals surface area contributed by atoms with E-state index in [9.17, 15) is 23.1 Å². The van der Waals surface area contributed by atoms with Crippen LogP contribution in [0.5, 0.6) is 17.2 Å². The van der Waals surface area contributed by atoms with Gasteiger partial charge in [0.2, 0.25) is 10.0 Å². The fourth-order valence-electron chi connectivity index (χ4n) is 10.4. The Morgan fingerprint density at radius 1 is 0.969 bits per heavy atom. The second-order valence-corrected chi connectivity index (χ2v) is 21.1. The lowest BCUT2D eigenvalue weighted by Crippen LogP contribution is -2.51. The number of halogens is 2. The van der Waals surface area contributed by atoms with Crippen molar-refractivity contribution in [3.63, 3.8) is 0 Å². The maximum atomic E-state index is 15.5. The Balaban J connectivity index is 1.02. The largest absolute Gasteiger partial charge is 0.497 e. The van der Waals surface area contributed by atoms with Crippen molar-refractivity contribution in [2.45, 2.75) is 89.2 Å². The summed E-state index contributed by atoms with van der Waals surface area (Å²) in [6.45, 7) is 6.85. The molecule has 8 rings (SSSR count). The van der Waals surface area contributed by atoms with Crippen LogP contribution >= 0.6 is 11.6 Å². The van der Waals surface area contributed by atoms with Gasteiger partial charge in [-0.3, -0.25) is 4.79 Å². The quantitative estimate of drug-likeness (QED) is 0.0856. The van der Waals surface area contributed by atoms with E-state index >= 15 is 4.39 Å². The zero-order valence-electron chi connectivity index (χ0n) is 37.6. The second kappa shape index (κ2) is 19.0. The average Bonchev–Trinajstić information content (AvgIpc) is 3.42. The number of sulfonamides is 1. The minimum atomic E-state index is -3.84. The maximum Gasteiger partial charge on any atom is 0.335 e. The predicted molar refractivity (Wildman–Crippen MR) is 248 cm³/mol. The Morgan fingerprint density at radius 3 is 2.18 bits per heavy atom. The van der Waals surface area contributed by atoms with E-state index in [1.165, 1.54) is 6.92 Å². The van der Waals surface area contributed by atoms with E-state index in [4.69, 9.17) is 30.5 Å². The summed E-state index contributed by atoms with van der Waals surface area (Å²) in [4.78, 5) is 27.2. The highest BCUT2D eigenvalue weighted by Gasteiger charge is 2.48. The van der Waals surface area contributed by atoms with Crippen LogP contribution < -0.4 is 19.1 Å². The van der Waals surface area contributed by atoms with Crippen LogP contribution in [-0.4, -0.2) is 75.0 Å². The Labute approximate surface area is 386 Å². The fraction of sp³-hybridized carbons (Fsp3) is 0.451. The van der Waals surface area contributed by atoms with Crippen molar-refractivity contribution >= 4 is 39.3 Å². The van der Waals surface area contributed by atoms with Gasteiger partial charge < -0.3 is 29.0 Å². The summed E-state index contributed by atoms with van der Waals surface area (Å²) in [7, 11) is -0.649. The molecule has 0 bridgehead atoms. The highest BCUT2D eigenvalue weighted by atomic mass is 35.5. The number of rotatable bonds is 16. The minimum absolute atomic E-state index is 0.0202. The number of anilines is 1. The first-order chi connectivity index (χ1) is 31.1. The van der Waals surface area contributed by atoms with E-state index in [1.54, 1.807) is 49.7 Å². The summed E-state index contributed by atoms with van der Waals surface area (Å²) in [6.07, 6.45) is 5.96. The number of esters is 1. The zero-order chi connectivity index (χ0) is 46.2. The average molecular weight is 930 g/mol. The highest BCUT2D eigenvalue weighted by molar-refractivity contribution is 7.89. The van der Waals surface area contributed by atoms with Crippen LogP contribution in [0.2, 0.25) is 5.02 Å². The third-order valence-corrected chi connectivity index (χ3v) is 17.2. The van der Waals surface area contributed by atoms with Crippen LogP contribution in [0.4, 0.5) is 10.1 Å². The number of aromatic carboxylic acids is 1. The SMILES string of the molecule is COc1ccc(CN(Cc2ccc(OC)cc2)S(=O)(=O)[C@H](C)[C@@H](C)[C@H]2C=C(C(OC(C)=O)[C@@H]3CC[C@H]3CN3C[C@@]4(CCCc5c4ccc(Cl)c5F)COc4ccc(C(=O)O)cc43)C2)cc1. The number of nitrogens with zero attached hydrogens (tertiary/aromatic N) is 2. The first-order valence-corrected chi connectivity index (χ1v) is 24.3. The van der Waals surface area contributed by atoms with E-state index in [0.717, 1.165) is 47.9 Å². The molecule has 14 heteroatoms. The lowest BCUT2D eigenvalue weighted by Gasteiger charge is -2.48. The van der Waals surface area contributed by atoms with Gasteiger partial charge in [-0.2, -0.15) is 4.31 Å². The number of ether oxygens (including phenoxy) is 4. The van der Waals surface area contributed by atoms with Crippen LogP contribution in [-0.2, 0) is 44.5 Å². The van der Waals surface area contributed by atoms with Gasteiger partial charge in [-0.05, 0) is 140 Å². The Kier molecular flexibility index (Phi) is 13.6. The summed E-state index contributed by atoms with van der Waals surface area (Å²) in [5.74, 6) is -0.156. The number of hydrogen-bond donors (Lipinski definition) is 1. The van der Waals surface area contributed by atoms with Crippen molar-refractivity contribution in [3.05, 3.63) is 129 Å². The first kappa shape index (κ1) is 46.4. The summed E-state index contributed by atoms with van der Waals surface area (Å²) in [6, 6.07) is 23.3. The molecular formula is C51H58ClFN2O9S. The van der Waals surface area contributed by atoms with Gasteiger partial charge in [-0.25, -0.2) is 17.6 Å². The van der Waals surface area contributed by atoms with Crippen molar-refractivity contribution in [3.8, 4) is 17.2 Å². The lowest BCUT2D eigenvalue weighted by atomic mass is 9.64. The van der Waals surface area contributed by atoms with Crippen LogP contribution in [0, 0.1) is 29.5 Å². The number of methoxy groups -OCH3 is 2. The Bertz CT molecular complexity index is 2500. The zero-order valence-corrected chi connectivity index (χ0v) is 39.2. The van der Waals surface area contributed by atoms with Gasteiger partial charge in [0.05, 0.1) is 42.3 Å². The number of carboxylic acid groups (broad SMARTS) is 1. The van der Waals surface area contributed by atoms with Gasteiger partial charge in [-0.1, -0.05) is 54.9 Å². The number of fused-ring (bicyclic) bond motifs is 3. The van der Waals surface area contributed by atoms with Gasteiger partial charge in [-0.15, -0.1) is 0 Å². The first-order valence-electron chi connectivity index (χ1n) is 22.5. The standard InChI is InChI=1S/C51H58ClFN2O9S/c1-31(32(2)65(59,60)55(26-34-8-14-40(61-4)15-9-34)27-35-10-16-41(62-5)17-11-35)38-23-39(24-38)49(64-33(3)56)42-18-12-37(42)28-54-29-51(22-6-7-43-44(51)19-20-45(52)48(43)53)30-63-47-21-13-36(50(57)58)25-46(47)54/h8-11,13-17,19-21,23,25,31-32,37-38,42,49H,6-7,12,18,22,24,26-30H2,1-5H3,(H,57,58)/t31-,32-,37+,38+,42-,49?,51+/m1/s1. The summed E-state index contributed by atoms with van der Waals surface area (Å²) in [5, 5.41) is 9.37. The van der Waals surface area contributed by atoms with Crippen molar-refractivity contribution < 1.29 is 46.5 Å². The molecule has 0 saturated heterocycles. The molecule has 65 heavy (non-hydrogen) atoms. The number of carbonyl (C=O) groups excluding carboxylic acids is 1. The molecule has 4 aromatic carbocycles. The molecule has 4 aliphatic rings. The molecule has 0 radical (unpaired) electrons. The molecule has 0 aromatic heterocycles. The fourth-order valence-corrected chi connectivity index (χ4v) is 12.5. The smallest absolute Gasteiger partial charge is 0.335 e. The van der Waals surface area contributed by atoms with Gasteiger partial charge in [0.15, 0.2) is 0 Å². The third-order valence-electron chi connectivity index (χ3n) is 14.6. The lowest BCUT2D eigenvalue weighted by molar-refractivity contribution is -0.150. The summed E-state index contributed by atoms with van der Waals surface area (Å²) in [5.41, 5.74) is 4.36. The number of benzene rings is 4. The minimum Gasteiger partial charge on any atom is -0.497 e. The molecule has 346 valence electrons. The van der Waals surface area contributed by atoms with E-state index in [1.807, 2.05) is 61.5 Å². The maximum absolute atomic E-state index is 15.5. The van der Waals surface area contributed by atoms with Crippen molar-refractivity contribution in [1.82, 2.24) is 4.31 Å². The van der Waals surface area contributed by atoms with Crippen molar-refractivity contribution in [2.24, 2.45) is 23.7 Å².